The van der Waals surface area contributed by atoms with Gasteiger partial charge < -0.3 is 44.5 Å². The molecule has 7 rings (SSSR count). The SMILES string of the molecule is CCOC(=O)C1=C(C=O)/C2=C3\C[C@H](CO)C(=O)[C@H](C3)c3cc4c(cc3CC[C@@H](CO)COc3c5c(c(CO)c(c32)O1)O[C@H]([C@](C)(O)CCCO)C5)=NCC=4. The molecule has 288 valence electrons. The predicted molar refractivity (Wildman–Crippen MR) is 193 cm³/mol. The molecule has 0 amide bonds. The van der Waals surface area contributed by atoms with E-state index in [1.165, 1.54) is 0 Å². The number of aliphatic hydroxyl groups is 5. The van der Waals surface area contributed by atoms with Gasteiger partial charge in [0.05, 0.1) is 60.6 Å². The summed E-state index contributed by atoms with van der Waals surface area (Å²) in [5.41, 5.74) is 1.92. The Morgan fingerprint density at radius 1 is 1.09 bits per heavy atom. The smallest absolute Gasteiger partial charge is 0.375 e. The third kappa shape index (κ3) is 6.55. The minimum absolute atomic E-state index is 0.00287. The van der Waals surface area contributed by atoms with Gasteiger partial charge in [-0.3, -0.25) is 14.6 Å². The van der Waals surface area contributed by atoms with Gasteiger partial charge >= 0.3 is 5.97 Å². The van der Waals surface area contributed by atoms with Crippen LogP contribution in [0.4, 0.5) is 0 Å². The Morgan fingerprint density at radius 3 is 2.61 bits per heavy atom. The second-order valence-electron chi connectivity index (χ2n) is 14.9. The number of benzene rings is 2. The molecule has 1 fully saturated rings. The summed E-state index contributed by atoms with van der Waals surface area (Å²) in [4.78, 5) is 45.8. The second kappa shape index (κ2) is 15.4. The number of carbonyl (C=O) groups is 3. The number of fused-ring (bicyclic) bond motifs is 7. The van der Waals surface area contributed by atoms with Crippen molar-refractivity contribution < 1.29 is 58.9 Å². The zero-order valence-corrected chi connectivity index (χ0v) is 30.6. The van der Waals surface area contributed by atoms with Gasteiger partial charge in [0, 0.05) is 48.5 Å². The maximum atomic E-state index is 14.3. The Bertz CT molecular complexity index is 2060. The molecule has 0 spiro atoms. The quantitative estimate of drug-likeness (QED) is 0.173. The highest BCUT2D eigenvalue weighted by atomic mass is 16.6. The molecule has 5 atom stereocenters. The van der Waals surface area contributed by atoms with Crippen LogP contribution in [0.15, 0.2) is 34.0 Å². The first-order chi connectivity index (χ1) is 26.1. The number of aryl methyl sites for hydroxylation is 1. The Kier molecular flexibility index (Phi) is 10.8. The number of aldehydes is 1. The molecule has 5 aliphatic rings. The van der Waals surface area contributed by atoms with Gasteiger partial charge in [-0.1, -0.05) is 11.6 Å². The van der Waals surface area contributed by atoms with Crippen molar-refractivity contribution in [2.75, 3.05) is 39.6 Å². The van der Waals surface area contributed by atoms with Crippen LogP contribution in [0.1, 0.15) is 79.7 Å². The number of ether oxygens (including phenoxy) is 4. The largest absolute Gasteiger partial charge is 0.492 e. The normalized spacial score (nSPS) is 25.4. The molecule has 0 aromatic heterocycles. The summed E-state index contributed by atoms with van der Waals surface area (Å²) in [7, 11) is 0. The zero-order valence-electron chi connectivity index (χ0n) is 30.6. The number of nitrogens with zero attached hydrogens (tertiary/aromatic N) is 1. The molecule has 2 aromatic carbocycles. The van der Waals surface area contributed by atoms with E-state index in [9.17, 15) is 39.9 Å². The van der Waals surface area contributed by atoms with Gasteiger partial charge in [0.25, 0.3) is 0 Å². The first-order valence-electron chi connectivity index (χ1n) is 18.7. The van der Waals surface area contributed by atoms with Crippen molar-refractivity contribution >= 4 is 29.7 Å². The van der Waals surface area contributed by atoms with Crippen LogP contribution >= 0.6 is 0 Å². The van der Waals surface area contributed by atoms with Crippen LogP contribution in [0.2, 0.25) is 0 Å². The van der Waals surface area contributed by atoms with E-state index < -0.39 is 48.5 Å². The van der Waals surface area contributed by atoms with Crippen LogP contribution in [-0.2, 0) is 38.6 Å². The fraction of sp³-hybridized carbons (Fsp3) is 0.512. The lowest BCUT2D eigenvalue weighted by molar-refractivity contribution is -0.141. The zero-order chi connectivity index (χ0) is 38.3. The number of hydrogen-bond acceptors (Lipinski definition) is 13. The minimum Gasteiger partial charge on any atom is -0.492 e. The van der Waals surface area contributed by atoms with Gasteiger partial charge in [-0.2, -0.15) is 0 Å². The highest BCUT2D eigenvalue weighted by molar-refractivity contribution is 6.11. The molecule has 13 nitrogen and oxygen atoms in total. The Balaban J connectivity index is 1.54. The average molecular weight is 746 g/mol. The van der Waals surface area contributed by atoms with Gasteiger partial charge in [-0.05, 0) is 80.9 Å². The first-order valence-corrected chi connectivity index (χ1v) is 18.7. The van der Waals surface area contributed by atoms with E-state index in [-0.39, 0.29) is 103 Å². The summed E-state index contributed by atoms with van der Waals surface area (Å²) in [6.45, 7) is 2.30. The highest BCUT2D eigenvalue weighted by Crippen LogP contribution is 2.57. The lowest BCUT2D eigenvalue weighted by Gasteiger charge is -2.34. The van der Waals surface area contributed by atoms with Crippen molar-refractivity contribution in [3.63, 3.8) is 0 Å². The number of allylic oxidation sites excluding steroid dienone is 3. The molecule has 1 aliphatic carbocycles. The van der Waals surface area contributed by atoms with Crippen LogP contribution in [0.5, 0.6) is 17.2 Å². The van der Waals surface area contributed by atoms with Gasteiger partial charge in [0.15, 0.2) is 6.29 Å². The molecule has 5 N–H and O–H groups in total. The monoisotopic (exact) mass is 745 g/mol. The van der Waals surface area contributed by atoms with E-state index in [1.807, 2.05) is 18.2 Å². The number of Topliss-reactive ketones (excluding diaryl/α,β-unsaturated/α-hetero) is 1. The summed E-state index contributed by atoms with van der Waals surface area (Å²) in [5.74, 6) is -3.00. The Hall–Kier alpha value is -4.40. The van der Waals surface area contributed by atoms with Gasteiger partial charge in [0.1, 0.15) is 29.1 Å². The minimum atomic E-state index is -1.41. The number of aliphatic hydroxyl groups excluding tert-OH is 4. The Morgan fingerprint density at radius 2 is 1.91 bits per heavy atom. The molecule has 1 saturated carbocycles. The van der Waals surface area contributed by atoms with Gasteiger partial charge in [-0.25, -0.2) is 4.79 Å². The van der Waals surface area contributed by atoms with Gasteiger partial charge in [-0.15, -0.1) is 0 Å². The number of esters is 1. The summed E-state index contributed by atoms with van der Waals surface area (Å²) in [6, 6.07) is 3.97. The van der Waals surface area contributed by atoms with Crippen LogP contribution in [0.3, 0.4) is 0 Å². The standard InChI is InChI=1S/C41H47NO12/c1-3-51-40(49)39-29(18-46)33-24-11-25(17-45)35(48)27(13-24)26-12-23-7-9-42-31(23)14-22(26)6-5-21(16-44)20-52-37-28-15-32(41(2,50)8-4-10-43)53-36(28)30(19-47)38(54-39)34(33)37/h7,12,14,18,21,25,27,32,43-45,47,50H,3-6,8-11,13,15-17,19-20H2,1-2H3/b33-24-/t21-,25+,27+,32-,41+/m0/s1. The van der Waals surface area contributed by atoms with E-state index in [1.54, 1.807) is 13.8 Å². The summed E-state index contributed by atoms with van der Waals surface area (Å²) in [6.07, 6.45) is 3.51. The molecule has 4 aliphatic heterocycles. The van der Waals surface area contributed by atoms with E-state index in [0.29, 0.717) is 43.2 Å². The second-order valence-corrected chi connectivity index (χ2v) is 14.9. The summed E-state index contributed by atoms with van der Waals surface area (Å²) >= 11 is 0. The van der Waals surface area contributed by atoms with Crippen LogP contribution < -0.4 is 24.8 Å². The molecular weight excluding hydrogens is 698 g/mol. The van der Waals surface area contributed by atoms with E-state index in [0.717, 1.165) is 21.7 Å². The van der Waals surface area contributed by atoms with Crippen LogP contribution in [0, 0.1) is 11.8 Å². The topological polar surface area (TPSA) is 202 Å². The first kappa shape index (κ1) is 37.9. The maximum Gasteiger partial charge on any atom is 0.375 e. The van der Waals surface area contributed by atoms with Gasteiger partial charge in [0.2, 0.25) is 5.76 Å². The number of hydrogen-bond donors (Lipinski definition) is 5. The van der Waals surface area contributed by atoms with Crippen molar-refractivity contribution in [2.45, 2.75) is 83.0 Å². The van der Waals surface area contributed by atoms with Crippen molar-refractivity contribution in [1.29, 1.82) is 0 Å². The van der Waals surface area contributed by atoms with E-state index in [2.05, 4.69) is 4.99 Å². The molecule has 0 unspecified atom stereocenters. The molecule has 2 bridgehead atoms. The third-order valence-electron chi connectivity index (χ3n) is 11.5. The third-order valence-corrected chi connectivity index (χ3v) is 11.5. The summed E-state index contributed by atoms with van der Waals surface area (Å²) in [5, 5.41) is 55.1. The number of rotatable bonds is 10. The maximum absolute atomic E-state index is 14.3. The Labute approximate surface area is 312 Å². The number of carbonyl (C=O) groups excluding carboxylic acids is 3. The lowest BCUT2D eigenvalue weighted by Crippen LogP contribution is -2.42. The number of ketones is 1. The molecule has 0 saturated heterocycles. The van der Waals surface area contributed by atoms with Crippen molar-refractivity contribution in [3.8, 4) is 17.2 Å². The molecule has 4 heterocycles. The molecule has 0 radical (unpaired) electrons. The fourth-order valence-electron chi connectivity index (χ4n) is 8.58. The average Bonchev–Trinajstić information content (AvgIpc) is 3.83. The van der Waals surface area contributed by atoms with E-state index in [4.69, 9.17) is 18.9 Å². The van der Waals surface area contributed by atoms with E-state index >= 15 is 0 Å². The lowest BCUT2D eigenvalue weighted by atomic mass is 9.70. The highest BCUT2D eigenvalue weighted by Gasteiger charge is 2.47. The molecular formula is C41H47NO12. The fourth-order valence-corrected chi connectivity index (χ4v) is 8.58. The van der Waals surface area contributed by atoms with Crippen LogP contribution in [0.25, 0.3) is 11.6 Å². The predicted octanol–water partition coefficient (Wildman–Crippen LogP) is 1.27. The van der Waals surface area contributed by atoms with Crippen molar-refractivity contribution in [3.05, 3.63) is 67.4 Å². The van der Waals surface area contributed by atoms with Crippen LogP contribution in [-0.4, -0.2) is 94.9 Å². The molecule has 13 heteroatoms. The summed E-state index contributed by atoms with van der Waals surface area (Å²) < 4.78 is 24.7. The van der Waals surface area contributed by atoms with Crippen molar-refractivity contribution in [1.82, 2.24) is 0 Å². The molecule has 54 heavy (non-hydrogen) atoms. The van der Waals surface area contributed by atoms with Crippen molar-refractivity contribution in [2.24, 2.45) is 16.8 Å². The molecule has 2 aromatic rings.